The summed E-state index contributed by atoms with van der Waals surface area (Å²) in [6, 6.07) is 19.5. The van der Waals surface area contributed by atoms with E-state index in [1.165, 1.54) is 17.5 Å². The van der Waals surface area contributed by atoms with Crippen LogP contribution in [0, 0.1) is 0 Å². The third kappa shape index (κ3) is 3.64. The van der Waals surface area contributed by atoms with Crippen LogP contribution in [0.5, 0.6) is 0 Å². The number of benzene rings is 2. The Morgan fingerprint density at radius 1 is 1.03 bits per heavy atom. The first kappa shape index (κ1) is 19.0. The molecule has 0 atom stereocenters. The number of hydrogen-bond acceptors (Lipinski definition) is 5. The molecule has 3 aromatic heterocycles. The Hall–Kier alpha value is -4.04. The minimum absolute atomic E-state index is 0.271. The number of H-pyrrole nitrogens is 1. The van der Waals surface area contributed by atoms with Crippen molar-refractivity contribution in [3.8, 4) is 33.2 Å². The maximum absolute atomic E-state index is 13.1. The van der Waals surface area contributed by atoms with E-state index in [4.69, 9.17) is 4.98 Å². The summed E-state index contributed by atoms with van der Waals surface area (Å²) in [6.45, 7) is 0. The number of anilines is 1. The molecule has 0 saturated heterocycles. The predicted octanol–water partition coefficient (Wildman–Crippen LogP) is 4.85. The fourth-order valence-corrected chi connectivity index (χ4v) is 4.37. The van der Waals surface area contributed by atoms with E-state index in [1.54, 1.807) is 6.20 Å². The van der Waals surface area contributed by atoms with Crippen LogP contribution in [0.2, 0.25) is 0 Å². The van der Waals surface area contributed by atoms with Gasteiger partial charge in [-0.2, -0.15) is 5.10 Å². The number of rotatable bonds is 5. The fraction of sp³-hybridized carbons (Fsp3) is 0.0435. The summed E-state index contributed by atoms with van der Waals surface area (Å²) in [5.41, 5.74) is 3.77. The SMILES string of the molecule is Cn1ccnc1-c1sc(NC(=O)c2cn[nH]c2-c2ccccc2)nc1-c1ccccc1. The molecule has 2 aromatic carbocycles. The van der Waals surface area contributed by atoms with Gasteiger partial charge in [0, 0.05) is 30.6 Å². The summed E-state index contributed by atoms with van der Waals surface area (Å²) < 4.78 is 1.94. The molecule has 7 nitrogen and oxygen atoms in total. The molecule has 31 heavy (non-hydrogen) atoms. The number of carbonyl (C=O) groups is 1. The number of carbonyl (C=O) groups excluding carboxylic acids is 1. The lowest BCUT2D eigenvalue weighted by Crippen LogP contribution is -2.12. The van der Waals surface area contributed by atoms with Crippen LogP contribution >= 0.6 is 11.3 Å². The van der Waals surface area contributed by atoms with Gasteiger partial charge in [0.25, 0.3) is 5.91 Å². The number of aryl methyl sites for hydroxylation is 1. The first-order chi connectivity index (χ1) is 15.2. The van der Waals surface area contributed by atoms with Gasteiger partial charge in [-0.05, 0) is 0 Å². The van der Waals surface area contributed by atoms with Crippen LogP contribution < -0.4 is 5.32 Å². The molecule has 2 N–H and O–H groups in total. The molecule has 0 spiro atoms. The van der Waals surface area contributed by atoms with E-state index in [0.717, 1.165) is 27.5 Å². The van der Waals surface area contributed by atoms with Gasteiger partial charge < -0.3 is 4.57 Å². The zero-order valence-corrected chi connectivity index (χ0v) is 17.4. The van der Waals surface area contributed by atoms with Crippen molar-refractivity contribution in [3.05, 3.63) is 84.8 Å². The average molecular weight is 427 g/mol. The predicted molar refractivity (Wildman–Crippen MR) is 122 cm³/mol. The Morgan fingerprint density at radius 2 is 1.74 bits per heavy atom. The topological polar surface area (TPSA) is 88.5 Å². The van der Waals surface area contributed by atoms with Crippen LogP contribution in [0.4, 0.5) is 5.13 Å². The second-order valence-electron chi connectivity index (χ2n) is 6.90. The highest BCUT2D eigenvalue weighted by Gasteiger charge is 2.21. The van der Waals surface area contributed by atoms with Crippen molar-refractivity contribution in [3.63, 3.8) is 0 Å². The first-order valence-corrected chi connectivity index (χ1v) is 10.5. The molecule has 0 fully saturated rings. The van der Waals surface area contributed by atoms with Crippen molar-refractivity contribution < 1.29 is 4.79 Å². The number of amides is 1. The minimum Gasteiger partial charge on any atom is -0.333 e. The second kappa shape index (κ2) is 8.00. The molecule has 1 amide bonds. The molecule has 0 aliphatic carbocycles. The first-order valence-electron chi connectivity index (χ1n) is 9.65. The normalized spacial score (nSPS) is 10.9. The van der Waals surface area contributed by atoms with Crippen molar-refractivity contribution in [2.24, 2.45) is 7.05 Å². The lowest BCUT2D eigenvalue weighted by atomic mass is 10.1. The van der Waals surface area contributed by atoms with Gasteiger partial charge in [-0.15, -0.1) is 0 Å². The van der Waals surface area contributed by atoms with Gasteiger partial charge >= 0.3 is 0 Å². The lowest BCUT2D eigenvalue weighted by molar-refractivity contribution is 0.102. The Balaban J connectivity index is 1.51. The van der Waals surface area contributed by atoms with Gasteiger partial charge in [0.1, 0.15) is 0 Å². The van der Waals surface area contributed by atoms with E-state index < -0.39 is 0 Å². The lowest BCUT2D eigenvalue weighted by Gasteiger charge is -2.03. The molecule has 0 aliphatic heterocycles. The van der Waals surface area contributed by atoms with Crippen molar-refractivity contribution in [2.75, 3.05) is 5.32 Å². The van der Waals surface area contributed by atoms with Crippen molar-refractivity contribution in [1.29, 1.82) is 0 Å². The molecule has 3 heterocycles. The molecule has 0 unspecified atom stereocenters. The number of imidazole rings is 1. The van der Waals surface area contributed by atoms with Crippen LogP contribution in [0.3, 0.4) is 0 Å². The number of aromatic nitrogens is 5. The van der Waals surface area contributed by atoms with E-state index in [2.05, 4.69) is 20.5 Å². The number of hydrogen-bond donors (Lipinski definition) is 2. The maximum atomic E-state index is 13.1. The van der Waals surface area contributed by atoms with Gasteiger partial charge in [0.2, 0.25) is 0 Å². The Labute approximate surface area is 182 Å². The van der Waals surface area contributed by atoms with Crippen LogP contribution in [0.1, 0.15) is 10.4 Å². The number of thiazole rings is 1. The van der Waals surface area contributed by atoms with Gasteiger partial charge in [-0.1, -0.05) is 72.0 Å². The number of nitrogens with one attached hydrogen (secondary N) is 2. The van der Waals surface area contributed by atoms with Crippen molar-refractivity contribution in [2.45, 2.75) is 0 Å². The molecular formula is C23H18N6OS. The summed E-state index contributed by atoms with van der Waals surface area (Å²) in [6.07, 6.45) is 5.17. The smallest absolute Gasteiger partial charge is 0.261 e. The summed E-state index contributed by atoms with van der Waals surface area (Å²) in [7, 11) is 1.94. The highest BCUT2D eigenvalue weighted by atomic mass is 32.1. The third-order valence-corrected chi connectivity index (χ3v) is 5.83. The molecule has 0 radical (unpaired) electrons. The zero-order valence-electron chi connectivity index (χ0n) is 16.6. The summed E-state index contributed by atoms with van der Waals surface area (Å²) in [4.78, 5) is 23.2. The van der Waals surface area contributed by atoms with Crippen LogP contribution in [-0.4, -0.2) is 30.6 Å². The van der Waals surface area contributed by atoms with E-state index in [9.17, 15) is 4.79 Å². The zero-order chi connectivity index (χ0) is 21.2. The Bertz CT molecular complexity index is 1340. The van der Waals surface area contributed by atoms with Gasteiger partial charge in [-0.3, -0.25) is 15.2 Å². The molecular weight excluding hydrogens is 408 g/mol. The standard InChI is InChI=1S/C23H18N6OS/c1-29-13-12-24-21(29)20-19(16-10-6-3-7-11-16)26-23(31-20)27-22(30)17-14-25-28-18(17)15-8-4-2-5-9-15/h2-14H,1H3,(H,25,28)(H,26,27,30). The molecule has 0 bridgehead atoms. The number of nitrogens with zero attached hydrogens (tertiary/aromatic N) is 4. The highest BCUT2D eigenvalue weighted by molar-refractivity contribution is 7.19. The second-order valence-corrected chi connectivity index (χ2v) is 7.90. The minimum atomic E-state index is -0.271. The molecule has 0 saturated carbocycles. The maximum Gasteiger partial charge on any atom is 0.261 e. The van der Waals surface area contributed by atoms with Gasteiger partial charge in [-0.25, -0.2) is 9.97 Å². The third-order valence-electron chi connectivity index (χ3n) is 4.87. The summed E-state index contributed by atoms with van der Waals surface area (Å²) >= 11 is 1.40. The van der Waals surface area contributed by atoms with Crippen LogP contribution in [0.15, 0.2) is 79.3 Å². The van der Waals surface area contributed by atoms with Crippen LogP contribution in [0.25, 0.3) is 33.2 Å². The molecule has 152 valence electrons. The summed E-state index contributed by atoms with van der Waals surface area (Å²) in [5.74, 6) is 0.525. The van der Waals surface area contributed by atoms with E-state index in [1.807, 2.05) is 78.5 Å². The summed E-state index contributed by atoms with van der Waals surface area (Å²) in [5, 5.41) is 10.4. The van der Waals surface area contributed by atoms with Crippen molar-refractivity contribution >= 4 is 22.4 Å². The van der Waals surface area contributed by atoms with Gasteiger partial charge in [0.05, 0.1) is 28.0 Å². The van der Waals surface area contributed by atoms with E-state index in [-0.39, 0.29) is 5.91 Å². The quantitative estimate of drug-likeness (QED) is 0.420. The fourth-order valence-electron chi connectivity index (χ4n) is 3.35. The average Bonchev–Trinajstić information content (AvgIpc) is 3.54. The van der Waals surface area contributed by atoms with Crippen LogP contribution in [-0.2, 0) is 7.05 Å². The molecule has 8 heteroatoms. The highest BCUT2D eigenvalue weighted by Crippen LogP contribution is 2.38. The van der Waals surface area contributed by atoms with Crippen molar-refractivity contribution in [1.82, 2.24) is 24.7 Å². The Kier molecular flexibility index (Phi) is 4.89. The van der Waals surface area contributed by atoms with E-state index in [0.29, 0.717) is 16.4 Å². The van der Waals surface area contributed by atoms with Gasteiger partial charge in [0.15, 0.2) is 11.0 Å². The monoisotopic (exact) mass is 426 g/mol. The molecule has 0 aliphatic rings. The molecule has 5 aromatic rings. The molecule has 5 rings (SSSR count). The Morgan fingerprint density at radius 3 is 2.42 bits per heavy atom. The largest absolute Gasteiger partial charge is 0.333 e. The van der Waals surface area contributed by atoms with E-state index >= 15 is 0 Å². The number of aromatic amines is 1.